The van der Waals surface area contributed by atoms with E-state index in [-0.39, 0.29) is 17.8 Å². The van der Waals surface area contributed by atoms with Crippen molar-refractivity contribution in [2.24, 2.45) is 5.41 Å². The highest BCUT2D eigenvalue weighted by atomic mass is 16.5. The van der Waals surface area contributed by atoms with Crippen LogP contribution in [0, 0.1) is 12.3 Å². The van der Waals surface area contributed by atoms with Gasteiger partial charge in [0.2, 0.25) is 0 Å². The molecule has 1 aromatic carbocycles. The predicted octanol–water partition coefficient (Wildman–Crippen LogP) is 1.61. The van der Waals surface area contributed by atoms with Crippen molar-refractivity contribution in [1.29, 1.82) is 0 Å². The third-order valence-corrected chi connectivity index (χ3v) is 4.51. The van der Waals surface area contributed by atoms with Crippen LogP contribution in [-0.4, -0.2) is 52.8 Å². The molecule has 4 N–H and O–H groups in total. The van der Waals surface area contributed by atoms with Crippen LogP contribution in [0.3, 0.4) is 0 Å². The molecule has 1 unspecified atom stereocenters. The molecule has 0 bridgehead atoms. The molecule has 0 radical (unpaired) electrons. The van der Waals surface area contributed by atoms with E-state index in [0.29, 0.717) is 11.1 Å². The van der Waals surface area contributed by atoms with Crippen LogP contribution >= 0.6 is 0 Å². The van der Waals surface area contributed by atoms with Gasteiger partial charge in [-0.25, -0.2) is 0 Å². The van der Waals surface area contributed by atoms with Gasteiger partial charge in [-0.15, -0.1) is 0 Å². The van der Waals surface area contributed by atoms with Gasteiger partial charge >= 0.3 is 5.97 Å². The zero-order valence-corrected chi connectivity index (χ0v) is 15.7. The smallest absolute Gasteiger partial charge is 0.313 e. The number of ether oxygens (including phenoxy) is 1. The summed E-state index contributed by atoms with van der Waals surface area (Å²) in [6.07, 6.45) is 0. The summed E-state index contributed by atoms with van der Waals surface area (Å²) >= 11 is 0. The highest BCUT2D eigenvalue weighted by molar-refractivity contribution is 5.78. The number of aromatic hydroxyl groups is 1. The molecule has 0 spiro atoms. The summed E-state index contributed by atoms with van der Waals surface area (Å²) in [7, 11) is 0. The highest BCUT2D eigenvalue weighted by Gasteiger charge is 2.31. The van der Waals surface area contributed by atoms with Crippen LogP contribution in [0.5, 0.6) is 5.75 Å². The van der Waals surface area contributed by atoms with Crippen molar-refractivity contribution in [2.45, 2.75) is 46.0 Å². The van der Waals surface area contributed by atoms with Gasteiger partial charge in [0.05, 0.1) is 31.2 Å². The average Bonchev–Trinajstić information content (AvgIpc) is 2.57. The minimum absolute atomic E-state index is 0.219. The molecule has 0 saturated carbocycles. The van der Waals surface area contributed by atoms with Crippen molar-refractivity contribution < 1.29 is 30.0 Å². The largest absolute Gasteiger partial charge is 0.507 e. The van der Waals surface area contributed by atoms with Crippen molar-refractivity contribution in [2.75, 3.05) is 26.4 Å². The number of phenols is 1. The van der Waals surface area contributed by atoms with E-state index in [9.17, 15) is 25.2 Å². The quantitative estimate of drug-likeness (QED) is 0.554. The number of aryl methyl sites for hydroxylation is 1. The maximum atomic E-state index is 12.4. The second-order valence-corrected chi connectivity index (χ2v) is 7.79. The number of aliphatic hydroxyl groups excluding tert-OH is 3. The number of aliphatic hydroxyl groups is 3. The Morgan fingerprint density at radius 1 is 1.12 bits per heavy atom. The Morgan fingerprint density at radius 2 is 1.64 bits per heavy atom. The predicted molar refractivity (Wildman–Crippen MR) is 94.6 cm³/mol. The van der Waals surface area contributed by atoms with Crippen molar-refractivity contribution >= 4 is 5.97 Å². The molecule has 0 fully saturated rings. The molecular weight excluding hydrogens is 324 g/mol. The van der Waals surface area contributed by atoms with Gasteiger partial charge < -0.3 is 25.2 Å². The third-order valence-electron chi connectivity index (χ3n) is 4.51. The van der Waals surface area contributed by atoms with Crippen molar-refractivity contribution in [1.82, 2.24) is 0 Å². The summed E-state index contributed by atoms with van der Waals surface area (Å²) in [6, 6.07) is 3.54. The molecule has 6 nitrogen and oxygen atoms in total. The first-order valence-corrected chi connectivity index (χ1v) is 8.34. The van der Waals surface area contributed by atoms with Gasteiger partial charge in [0.25, 0.3) is 0 Å². The number of phenolic OH excluding ortho intramolecular Hbond substituents is 1. The fourth-order valence-electron chi connectivity index (χ4n) is 2.40. The zero-order chi connectivity index (χ0) is 19.4. The van der Waals surface area contributed by atoms with E-state index < -0.39 is 37.1 Å². The molecule has 0 aliphatic heterocycles. The normalized spacial score (nSPS) is 13.6. The van der Waals surface area contributed by atoms with Crippen LogP contribution in [-0.2, 0) is 14.9 Å². The van der Waals surface area contributed by atoms with Crippen molar-refractivity contribution in [3.63, 3.8) is 0 Å². The van der Waals surface area contributed by atoms with E-state index >= 15 is 0 Å². The molecule has 142 valence electrons. The lowest BCUT2D eigenvalue weighted by Crippen LogP contribution is -2.39. The first-order valence-electron chi connectivity index (χ1n) is 8.34. The Morgan fingerprint density at radius 3 is 2.08 bits per heavy atom. The van der Waals surface area contributed by atoms with Crippen molar-refractivity contribution in [3.05, 3.63) is 28.8 Å². The van der Waals surface area contributed by atoms with Gasteiger partial charge in [-0.1, -0.05) is 32.9 Å². The van der Waals surface area contributed by atoms with Gasteiger partial charge in [0, 0.05) is 0 Å². The van der Waals surface area contributed by atoms with Crippen molar-refractivity contribution in [3.8, 4) is 5.75 Å². The zero-order valence-electron chi connectivity index (χ0n) is 15.7. The fraction of sp³-hybridized carbons (Fsp3) is 0.632. The van der Waals surface area contributed by atoms with Crippen LogP contribution in [0.15, 0.2) is 12.1 Å². The fourth-order valence-corrected chi connectivity index (χ4v) is 2.40. The van der Waals surface area contributed by atoms with Gasteiger partial charge in [0.1, 0.15) is 12.4 Å². The summed E-state index contributed by atoms with van der Waals surface area (Å²) in [5, 5.41) is 38.2. The molecule has 0 saturated heterocycles. The van der Waals surface area contributed by atoms with Crippen LogP contribution in [0.1, 0.15) is 50.3 Å². The first-order chi connectivity index (χ1) is 11.5. The topological polar surface area (TPSA) is 107 Å². The molecule has 0 aromatic heterocycles. The Hall–Kier alpha value is -1.63. The maximum absolute atomic E-state index is 12.4. The summed E-state index contributed by atoms with van der Waals surface area (Å²) in [5.41, 5.74) is 0.605. The summed E-state index contributed by atoms with van der Waals surface area (Å²) in [4.78, 5) is 12.4. The van der Waals surface area contributed by atoms with Gasteiger partial charge in [-0.2, -0.15) is 0 Å². The van der Waals surface area contributed by atoms with Crippen LogP contribution in [0.2, 0.25) is 0 Å². The molecule has 6 heteroatoms. The number of carbonyl (C=O) groups is 1. The lowest BCUT2D eigenvalue weighted by molar-refractivity contribution is -0.152. The van der Waals surface area contributed by atoms with E-state index in [4.69, 9.17) is 4.74 Å². The number of hydrogen-bond acceptors (Lipinski definition) is 6. The van der Waals surface area contributed by atoms with E-state index in [1.165, 1.54) is 0 Å². The Balaban J connectivity index is 3.02. The standard InChI is InChI=1S/C19H30O6/c1-12-6-14(7-15(16(12)23)18(3,4)5)13(2)17(24)25-11-19(8-20,9-21)10-22/h6-7,13,20-23H,8-11H2,1-5H3. The summed E-state index contributed by atoms with van der Waals surface area (Å²) in [6.45, 7) is 7.66. The SMILES string of the molecule is Cc1cc(C(C)C(=O)OCC(CO)(CO)CO)cc(C(C)(C)C)c1O. The molecule has 1 aromatic rings. The van der Waals surface area contributed by atoms with Gasteiger partial charge in [0.15, 0.2) is 0 Å². The second-order valence-electron chi connectivity index (χ2n) is 7.79. The Kier molecular flexibility index (Phi) is 6.99. The van der Waals surface area contributed by atoms with E-state index in [1.54, 1.807) is 26.0 Å². The number of esters is 1. The van der Waals surface area contributed by atoms with E-state index in [1.807, 2.05) is 20.8 Å². The third kappa shape index (κ3) is 4.93. The maximum Gasteiger partial charge on any atom is 0.313 e. The first kappa shape index (κ1) is 21.4. The van der Waals surface area contributed by atoms with Crippen LogP contribution < -0.4 is 0 Å². The molecular formula is C19H30O6. The highest BCUT2D eigenvalue weighted by Crippen LogP contribution is 2.36. The Labute approximate surface area is 149 Å². The number of rotatable bonds is 7. The monoisotopic (exact) mass is 354 g/mol. The van der Waals surface area contributed by atoms with E-state index in [0.717, 1.165) is 5.56 Å². The molecule has 1 atom stereocenters. The second kappa shape index (κ2) is 8.17. The number of benzene rings is 1. The molecule has 25 heavy (non-hydrogen) atoms. The number of carbonyl (C=O) groups excluding carboxylic acids is 1. The molecule has 0 aliphatic rings. The number of hydrogen-bond donors (Lipinski definition) is 4. The minimum atomic E-state index is -1.25. The summed E-state index contributed by atoms with van der Waals surface area (Å²) in [5.74, 6) is -0.893. The lowest BCUT2D eigenvalue weighted by atomic mass is 9.82. The molecule has 1 rings (SSSR count). The molecule has 0 heterocycles. The Bertz CT molecular complexity index is 590. The average molecular weight is 354 g/mol. The minimum Gasteiger partial charge on any atom is -0.507 e. The summed E-state index contributed by atoms with van der Waals surface area (Å²) < 4.78 is 5.21. The molecule has 0 amide bonds. The molecule has 0 aliphatic carbocycles. The lowest BCUT2D eigenvalue weighted by Gasteiger charge is -2.27. The van der Waals surface area contributed by atoms with Crippen LogP contribution in [0.25, 0.3) is 0 Å². The van der Waals surface area contributed by atoms with E-state index in [2.05, 4.69) is 0 Å². The van der Waals surface area contributed by atoms with Gasteiger partial charge in [-0.3, -0.25) is 4.79 Å². The van der Waals surface area contributed by atoms with Gasteiger partial charge in [-0.05, 0) is 36.0 Å². The van der Waals surface area contributed by atoms with Crippen LogP contribution in [0.4, 0.5) is 0 Å².